The van der Waals surface area contributed by atoms with Gasteiger partial charge in [-0.25, -0.2) is 0 Å². The molecule has 20 heavy (non-hydrogen) atoms. The highest BCUT2D eigenvalue weighted by molar-refractivity contribution is 5.86. The van der Waals surface area contributed by atoms with Crippen molar-refractivity contribution in [2.75, 3.05) is 18.4 Å². The quantitative estimate of drug-likeness (QED) is 0.888. The number of hydrogen-bond donors (Lipinski definition) is 2. The van der Waals surface area contributed by atoms with Crippen LogP contribution in [0, 0.1) is 0 Å². The number of nitrogens with one attached hydrogen (secondary N) is 2. The average Bonchev–Trinajstić information content (AvgIpc) is 2.89. The minimum Gasteiger partial charge on any atom is -0.381 e. The zero-order valence-corrected chi connectivity index (χ0v) is 10.7. The number of halogens is 3. The van der Waals surface area contributed by atoms with Crippen molar-refractivity contribution in [3.63, 3.8) is 0 Å². The summed E-state index contributed by atoms with van der Waals surface area (Å²) in [5.41, 5.74) is -0.203. The van der Waals surface area contributed by atoms with Crippen LogP contribution in [0.3, 0.4) is 0 Å². The van der Waals surface area contributed by atoms with E-state index in [0.29, 0.717) is 11.1 Å². The van der Waals surface area contributed by atoms with Gasteiger partial charge in [-0.2, -0.15) is 13.2 Å². The predicted octanol–water partition coefficient (Wildman–Crippen LogP) is 3.03. The molecule has 1 atom stereocenters. The number of fused-ring (bicyclic) bond motifs is 1. The third kappa shape index (κ3) is 2.56. The smallest absolute Gasteiger partial charge is 0.381 e. The molecule has 0 amide bonds. The van der Waals surface area contributed by atoms with Crippen LogP contribution >= 0.6 is 0 Å². The van der Waals surface area contributed by atoms with Crippen LogP contribution in [-0.4, -0.2) is 24.1 Å². The van der Waals surface area contributed by atoms with E-state index in [1.54, 1.807) is 18.2 Å². The maximum atomic E-state index is 13.1. The van der Waals surface area contributed by atoms with Gasteiger partial charge in [0.05, 0.1) is 11.1 Å². The Labute approximate surface area is 114 Å². The molecule has 0 aliphatic carbocycles. The molecule has 0 spiro atoms. The van der Waals surface area contributed by atoms with Gasteiger partial charge in [-0.3, -0.25) is 4.98 Å². The Kier molecular flexibility index (Phi) is 3.25. The third-order valence-corrected chi connectivity index (χ3v) is 3.44. The number of pyridine rings is 1. The van der Waals surface area contributed by atoms with Crippen molar-refractivity contribution in [2.45, 2.75) is 18.6 Å². The maximum Gasteiger partial charge on any atom is 0.418 e. The number of anilines is 1. The molecule has 3 rings (SSSR count). The van der Waals surface area contributed by atoms with Gasteiger partial charge < -0.3 is 10.6 Å². The van der Waals surface area contributed by atoms with Crippen LogP contribution in [0.15, 0.2) is 30.5 Å². The molecule has 2 aromatic rings. The van der Waals surface area contributed by atoms with Crippen LogP contribution in [0.5, 0.6) is 0 Å². The van der Waals surface area contributed by atoms with Crippen molar-refractivity contribution in [1.82, 2.24) is 10.3 Å². The molecule has 1 unspecified atom stereocenters. The second-order valence-electron chi connectivity index (χ2n) is 4.93. The number of hydrogen-bond acceptors (Lipinski definition) is 3. The first-order valence-electron chi connectivity index (χ1n) is 6.47. The Morgan fingerprint density at radius 3 is 2.85 bits per heavy atom. The second kappa shape index (κ2) is 4.94. The first-order chi connectivity index (χ1) is 9.54. The summed E-state index contributed by atoms with van der Waals surface area (Å²) in [5, 5.41) is 6.83. The summed E-state index contributed by atoms with van der Waals surface area (Å²) >= 11 is 0. The molecular weight excluding hydrogens is 267 g/mol. The highest BCUT2D eigenvalue weighted by Crippen LogP contribution is 2.36. The van der Waals surface area contributed by atoms with Crippen LogP contribution < -0.4 is 10.6 Å². The number of aromatic nitrogens is 1. The van der Waals surface area contributed by atoms with Crippen LogP contribution in [0.4, 0.5) is 18.9 Å². The Balaban J connectivity index is 2.05. The Hall–Kier alpha value is -1.82. The van der Waals surface area contributed by atoms with E-state index in [4.69, 9.17) is 0 Å². The van der Waals surface area contributed by atoms with E-state index in [1.165, 1.54) is 6.20 Å². The summed E-state index contributed by atoms with van der Waals surface area (Å²) in [6.07, 6.45) is -2.11. The zero-order valence-electron chi connectivity index (χ0n) is 10.7. The predicted molar refractivity (Wildman–Crippen MR) is 71.6 cm³/mol. The topological polar surface area (TPSA) is 37.0 Å². The van der Waals surface area contributed by atoms with Gasteiger partial charge in [-0.15, -0.1) is 0 Å². The second-order valence-corrected chi connectivity index (χ2v) is 4.93. The molecule has 0 radical (unpaired) electrons. The maximum absolute atomic E-state index is 13.1. The van der Waals surface area contributed by atoms with Gasteiger partial charge in [0, 0.05) is 29.9 Å². The fourth-order valence-electron chi connectivity index (χ4n) is 2.51. The molecule has 0 bridgehead atoms. The molecular formula is C14H14F3N3. The van der Waals surface area contributed by atoms with Gasteiger partial charge in [0.1, 0.15) is 0 Å². The summed E-state index contributed by atoms with van der Waals surface area (Å²) in [6, 6.07) is 6.33. The van der Waals surface area contributed by atoms with E-state index in [1.807, 2.05) is 0 Å². The van der Waals surface area contributed by atoms with Crippen molar-refractivity contribution in [1.29, 1.82) is 0 Å². The molecule has 106 valence electrons. The summed E-state index contributed by atoms with van der Waals surface area (Å²) in [6.45, 7) is 1.66. The SMILES string of the molecule is FC(F)(F)c1cc(NC2CCNC2)cc2cccnc12. The van der Waals surface area contributed by atoms with Crippen molar-refractivity contribution < 1.29 is 13.2 Å². The third-order valence-electron chi connectivity index (χ3n) is 3.44. The zero-order chi connectivity index (χ0) is 14.2. The summed E-state index contributed by atoms with van der Waals surface area (Å²) in [7, 11) is 0. The normalized spacial score (nSPS) is 19.4. The van der Waals surface area contributed by atoms with E-state index in [-0.39, 0.29) is 11.6 Å². The van der Waals surface area contributed by atoms with Crippen molar-refractivity contribution in [2.24, 2.45) is 0 Å². The Morgan fingerprint density at radius 1 is 1.30 bits per heavy atom. The average molecular weight is 281 g/mol. The summed E-state index contributed by atoms with van der Waals surface area (Å²) < 4.78 is 39.4. The van der Waals surface area contributed by atoms with Crippen LogP contribution in [0.1, 0.15) is 12.0 Å². The highest BCUT2D eigenvalue weighted by Gasteiger charge is 2.34. The fourth-order valence-corrected chi connectivity index (χ4v) is 2.51. The van der Waals surface area contributed by atoms with Gasteiger partial charge in [0.2, 0.25) is 0 Å². The molecule has 3 nitrogen and oxygen atoms in total. The van der Waals surface area contributed by atoms with Gasteiger partial charge in [-0.1, -0.05) is 6.07 Å². The minimum absolute atomic E-state index is 0.00454. The van der Waals surface area contributed by atoms with E-state index in [2.05, 4.69) is 15.6 Å². The van der Waals surface area contributed by atoms with Crippen molar-refractivity contribution in [3.05, 3.63) is 36.0 Å². The van der Waals surface area contributed by atoms with E-state index < -0.39 is 11.7 Å². The largest absolute Gasteiger partial charge is 0.418 e. The molecule has 1 aliphatic rings. The molecule has 1 aromatic carbocycles. The van der Waals surface area contributed by atoms with Crippen LogP contribution in [0.25, 0.3) is 10.9 Å². The number of nitrogens with zero attached hydrogens (tertiary/aromatic N) is 1. The molecule has 2 N–H and O–H groups in total. The molecule has 0 saturated carbocycles. The van der Waals surface area contributed by atoms with E-state index >= 15 is 0 Å². The van der Waals surface area contributed by atoms with E-state index in [0.717, 1.165) is 25.6 Å². The molecule has 1 saturated heterocycles. The van der Waals surface area contributed by atoms with Crippen molar-refractivity contribution >= 4 is 16.6 Å². The van der Waals surface area contributed by atoms with Gasteiger partial charge in [-0.05, 0) is 31.2 Å². The summed E-state index contributed by atoms with van der Waals surface area (Å²) in [5.74, 6) is 0. The van der Waals surface area contributed by atoms with Gasteiger partial charge >= 0.3 is 6.18 Å². The van der Waals surface area contributed by atoms with Crippen LogP contribution in [0.2, 0.25) is 0 Å². The molecule has 1 fully saturated rings. The molecule has 1 aromatic heterocycles. The number of benzene rings is 1. The minimum atomic E-state index is -4.40. The Morgan fingerprint density at radius 2 is 2.15 bits per heavy atom. The first-order valence-corrected chi connectivity index (χ1v) is 6.47. The standard InChI is InChI=1S/C14H14F3N3/c15-14(16,17)12-7-11(20-10-3-5-18-8-10)6-9-2-1-4-19-13(9)12/h1-2,4,6-7,10,18,20H,3,5,8H2. The van der Waals surface area contributed by atoms with Gasteiger partial charge in [0.25, 0.3) is 0 Å². The lowest BCUT2D eigenvalue weighted by atomic mass is 10.1. The van der Waals surface area contributed by atoms with Crippen LogP contribution in [-0.2, 0) is 6.18 Å². The lowest BCUT2D eigenvalue weighted by Crippen LogP contribution is -2.22. The lowest BCUT2D eigenvalue weighted by Gasteiger charge is -2.16. The van der Waals surface area contributed by atoms with E-state index in [9.17, 15) is 13.2 Å². The molecule has 2 heterocycles. The Bertz CT molecular complexity index is 619. The molecule has 1 aliphatic heterocycles. The summed E-state index contributed by atoms with van der Waals surface area (Å²) in [4.78, 5) is 3.86. The first kappa shape index (κ1) is 13.2. The van der Waals surface area contributed by atoms with Crippen molar-refractivity contribution in [3.8, 4) is 0 Å². The molecule has 6 heteroatoms. The van der Waals surface area contributed by atoms with Gasteiger partial charge in [0.15, 0.2) is 0 Å². The number of rotatable bonds is 2. The number of alkyl halides is 3. The highest BCUT2D eigenvalue weighted by atomic mass is 19.4. The lowest BCUT2D eigenvalue weighted by molar-refractivity contribution is -0.136. The monoisotopic (exact) mass is 281 g/mol. The fraction of sp³-hybridized carbons (Fsp3) is 0.357.